The number of methoxy groups -OCH3 is 1. The van der Waals surface area contributed by atoms with E-state index in [1.807, 2.05) is 0 Å². The second-order valence-electron chi connectivity index (χ2n) is 7.29. The number of nitrogens with zero attached hydrogens (tertiary/aromatic N) is 6. The van der Waals surface area contributed by atoms with Gasteiger partial charge in [0.1, 0.15) is 6.61 Å². The SMILES string of the molecule is COc1cc(N2C(=O)N=NC2=O)ccc1OCCNC(=O)CCOCCOCCOCCOCCN=[N+]=[N-]. The molecular weight excluding hydrogens is 506 g/mol. The largest absolute Gasteiger partial charge is 0.493 e. The Labute approximate surface area is 218 Å². The van der Waals surface area contributed by atoms with Crippen LogP contribution in [0.2, 0.25) is 0 Å². The van der Waals surface area contributed by atoms with Gasteiger partial charge >= 0.3 is 12.1 Å². The molecule has 1 aromatic carbocycles. The zero-order chi connectivity index (χ0) is 27.4. The number of carbonyl (C=O) groups excluding carboxylic acids is 3. The number of nitrogens with one attached hydrogen (secondary N) is 1. The highest BCUT2D eigenvalue weighted by Gasteiger charge is 2.29. The molecule has 38 heavy (non-hydrogen) atoms. The van der Waals surface area contributed by atoms with Gasteiger partial charge in [0.05, 0.1) is 72.2 Å². The number of rotatable bonds is 21. The van der Waals surface area contributed by atoms with E-state index in [1.165, 1.54) is 19.2 Å². The summed E-state index contributed by atoms with van der Waals surface area (Å²) in [6.45, 7) is 3.75. The molecule has 0 aromatic heterocycles. The van der Waals surface area contributed by atoms with Crippen molar-refractivity contribution in [3.05, 3.63) is 28.6 Å². The van der Waals surface area contributed by atoms with Gasteiger partial charge in [-0.25, -0.2) is 14.5 Å². The summed E-state index contributed by atoms with van der Waals surface area (Å²) in [4.78, 5) is 38.7. The summed E-state index contributed by atoms with van der Waals surface area (Å²) in [6, 6.07) is 2.94. The third-order valence-corrected chi connectivity index (χ3v) is 4.68. The van der Waals surface area contributed by atoms with Crippen molar-refractivity contribution in [3.63, 3.8) is 0 Å². The number of azide groups is 1. The molecule has 2 rings (SSSR count). The Morgan fingerprint density at radius 3 is 2.13 bits per heavy atom. The molecule has 0 atom stereocenters. The third kappa shape index (κ3) is 11.5. The number of anilines is 1. The summed E-state index contributed by atoms with van der Waals surface area (Å²) in [5.74, 6) is 0.490. The number of hydrogen-bond acceptors (Lipinski definition) is 10. The molecule has 16 nitrogen and oxygen atoms in total. The third-order valence-electron chi connectivity index (χ3n) is 4.68. The highest BCUT2D eigenvalue weighted by atomic mass is 16.6. The Morgan fingerprint density at radius 1 is 0.921 bits per heavy atom. The summed E-state index contributed by atoms with van der Waals surface area (Å²) in [5, 5.41) is 12.5. The summed E-state index contributed by atoms with van der Waals surface area (Å²) >= 11 is 0. The standard InChI is InChI=1S/C22H31N7O9/c1-33-19-16-17(29-21(31)26-27-22(29)32)2-3-18(19)38-9-5-24-20(30)4-7-34-10-12-36-14-15-37-13-11-35-8-6-25-28-23/h2-3,16H,4-15H2,1H3,(H,24,30). The van der Waals surface area contributed by atoms with Gasteiger partial charge in [0, 0.05) is 23.9 Å². The van der Waals surface area contributed by atoms with Gasteiger partial charge in [-0.3, -0.25) is 4.79 Å². The smallest absolute Gasteiger partial charge is 0.375 e. The topological polar surface area (TPSA) is 195 Å². The van der Waals surface area contributed by atoms with Gasteiger partial charge in [-0.2, -0.15) is 0 Å². The van der Waals surface area contributed by atoms with Crippen molar-refractivity contribution in [2.24, 2.45) is 15.3 Å². The Morgan fingerprint density at radius 2 is 1.53 bits per heavy atom. The van der Waals surface area contributed by atoms with Crippen molar-refractivity contribution in [3.8, 4) is 11.5 Å². The average molecular weight is 538 g/mol. The first-order chi connectivity index (χ1) is 18.6. The summed E-state index contributed by atoms with van der Waals surface area (Å²) < 4.78 is 32.1. The highest BCUT2D eigenvalue weighted by Crippen LogP contribution is 2.33. The number of urea groups is 2. The molecule has 1 aromatic rings. The molecule has 1 aliphatic rings. The molecule has 0 saturated heterocycles. The minimum absolute atomic E-state index is 0.173. The van der Waals surface area contributed by atoms with Crippen LogP contribution < -0.4 is 19.7 Å². The van der Waals surface area contributed by atoms with Crippen LogP contribution in [0.15, 0.2) is 33.5 Å². The van der Waals surface area contributed by atoms with Crippen LogP contribution in [0.3, 0.4) is 0 Å². The summed E-state index contributed by atoms with van der Waals surface area (Å²) in [5.41, 5.74) is 8.37. The number of carbonyl (C=O) groups is 3. The van der Waals surface area contributed by atoms with Crippen LogP contribution in [0.4, 0.5) is 15.3 Å². The molecule has 0 fully saturated rings. The predicted molar refractivity (Wildman–Crippen MR) is 132 cm³/mol. The van der Waals surface area contributed by atoms with Crippen LogP contribution in [0.25, 0.3) is 10.4 Å². The van der Waals surface area contributed by atoms with E-state index in [-0.39, 0.29) is 37.8 Å². The van der Waals surface area contributed by atoms with E-state index < -0.39 is 12.1 Å². The Bertz CT molecular complexity index is 968. The molecule has 0 bridgehead atoms. The van der Waals surface area contributed by atoms with Gasteiger partial charge in [-0.15, -0.1) is 0 Å². The second-order valence-corrected chi connectivity index (χ2v) is 7.29. The maximum atomic E-state index is 11.9. The van der Waals surface area contributed by atoms with Crippen molar-refractivity contribution >= 4 is 23.7 Å². The lowest BCUT2D eigenvalue weighted by atomic mass is 10.2. The minimum Gasteiger partial charge on any atom is -0.493 e. The number of azo groups is 1. The first-order valence-electron chi connectivity index (χ1n) is 11.8. The minimum atomic E-state index is -0.783. The Balaban J connectivity index is 1.46. The van der Waals surface area contributed by atoms with Crippen molar-refractivity contribution in [1.29, 1.82) is 0 Å². The molecule has 0 spiro atoms. The van der Waals surface area contributed by atoms with Crippen LogP contribution in [-0.4, -0.2) is 97.6 Å². The highest BCUT2D eigenvalue weighted by molar-refractivity contribution is 6.17. The van der Waals surface area contributed by atoms with E-state index in [0.29, 0.717) is 64.3 Å². The van der Waals surface area contributed by atoms with Crippen LogP contribution in [0.5, 0.6) is 11.5 Å². The van der Waals surface area contributed by atoms with Crippen LogP contribution in [0.1, 0.15) is 6.42 Å². The van der Waals surface area contributed by atoms with Gasteiger partial charge in [-0.05, 0) is 17.7 Å². The fourth-order valence-electron chi connectivity index (χ4n) is 2.91. The van der Waals surface area contributed by atoms with E-state index in [9.17, 15) is 14.4 Å². The zero-order valence-corrected chi connectivity index (χ0v) is 21.1. The van der Waals surface area contributed by atoms with Crippen molar-refractivity contribution in [2.45, 2.75) is 6.42 Å². The molecule has 0 unspecified atom stereocenters. The molecule has 16 heteroatoms. The average Bonchev–Trinajstić information content (AvgIpc) is 3.26. The van der Waals surface area contributed by atoms with Gasteiger partial charge in [0.2, 0.25) is 5.91 Å². The van der Waals surface area contributed by atoms with E-state index in [2.05, 4.69) is 25.6 Å². The van der Waals surface area contributed by atoms with Crippen LogP contribution >= 0.6 is 0 Å². The lowest BCUT2D eigenvalue weighted by molar-refractivity contribution is -0.122. The monoisotopic (exact) mass is 537 g/mol. The zero-order valence-electron chi connectivity index (χ0n) is 21.1. The summed E-state index contributed by atoms with van der Waals surface area (Å²) in [6.07, 6.45) is 0.189. The van der Waals surface area contributed by atoms with Gasteiger partial charge in [0.25, 0.3) is 0 Å². The number of benzene rings is 1. The number of ether oxygens (including phenoxy) is 6. The van der Waals surface area contributed by atoms with Crippen molar-refractivity contribution < 1.29 is 42.8 Å². The quantitative estimate of drug-likeness (QED) is 0.106. The van der Waals surface area contributed by atoms with E-state index in [0.717, 1.165) is 4.90 Å². The molecule has 1 heterocycles. The second kappa shape index (κ2) is 18.4. The Hall–Kier alpha value is -3.82. The molecule has 1 N–H and O–H groups in total. The van der Waals surface area contributed by atoms with Crippen molar-refractivity contribution in [1.82, 2.24) is 5.32 Å². The van der Waals surface area contributed by atoms with Gasteiger partial charge in [-0.1, -0.05) is 15.3 Å². The fraction of sp³-hybridized carbons (Fsp3) is 0.591. The van der Waals surface area contributed by atoms with Crippen LogP contribution in [0, 0.1) is 0 Å². The maximum Gasteiger partial charge on any atom is 0.375 e. The van der Waals surface area contributed by atoms with E-state index >= 15 is 0 Å². The van der Waals surface area contributed by atoms with Crippen molar-refractivity contribution in [2.75, 3.05) is 84.6 Å². The molecule has 208 valence electrons. The first kappa shape index (κ1) is 30.4. The van der Waals surface area contributed by atoms with Gasteiger partial charge < -0.3 is 33.7 Å². The number of amides is 5. The Kier molecular flexibility index (Phi) is 14.7. The normalized spacial score (nSPS) is 12.5. The molecule has 1 aliphatic heterocycles. The summed E-state index contributed by atoms with van der Waals surface area (Å²) in [7, 11) is 1.42. The first-order valence-corrected chi connectivity index (χ1v) is 11.8. The fourth-order valence-corrected chi connectivity index (χ4v) is 2.91. The van der Waals surface area contributed by atoms with Crippen LogP contribution in [-0.2, 0) is 23.7 Å². The lowest BCUT2D eigenvalue weighted by Crippen LogP contribution is -2.29. The predicted octanol–water partition coefficient (Wildman–Crippen LogP) is 2.47. The maximum absolute atomic E-state index is 11.9. The number of imide groups is 1. The molecule has 0 aliphatic carbocycles. The molecule has 0 radical (unpaired) electrons. The lowest BCUT2D eigenvalue weighted by Gasteiger charge is -2.15. The van der Waals surface area contributed by atoms with E-state index in [1.54, 1.807) is 6.07 Å². The van der Waals surface area contributed by atoms with E-state index in [4.69, 9.17) is 34.0 Å². The molecule has 5 amide bonds. The number of hydrogen-bond donors (Lipinski definition) is 1. The molecular formula is C22H31N7O9. The van der Waals surface area contributed by atoms with Gasteiger partial charge in [0.15, 0.2) is 11.5 Å². The molecule has 0 saturated carbocycles.